The van der Waals surface area contributed by atoms with E-state index in [1.807, 2.05) is 30.3 Å². The molecule has 0 bridgehead atoms. The summed E-state index contributed by atoms with van der Waals surface area (Å²) in [6, 6.07) is 14.3. The lowest BCUT2D eigenvalue weighted by Crippen LogP contribution is -1.98. The van der Waals surface area contributed by atoms with E-state index >= 15 is 0 Å². The number of rotatable bonds is 8. The van der Waals surface area contributed by atoms with Crippen molar-refractivity contribution >= 4 is 38.9 Å². The summed E-state index contributed by atoms with van der Waals surface area (Å²) in [6.45, 7) is 0.274. The number of aliphatic hydroxyl groups excluding tert-OH is 1. The van der Waals surface area contributed by atoms with Crippen molar-refractivity contribution in [1.29, 1.82) is 0 Å². The largest absolute Gasteiger partial charge is 0.396 e. The number of aryl methyl sites for hydroxylation is 1. The second kappa shape index (κ2) is 9.08. The second-order valence-electron chi connectivity index (χ2n) is 5.73. The Kier molecular flexibility index (Phi) is 6.55. The third-order valence-corrected chi connectivity index (χ3v) is 5.43. The van der Waals surface area contributed by atoms with Crippen LogP contribution in [0.15, 0.2) is 52.4 Å². The number of unbranched alkanes of at least 4 members (excludes halogenated alkanes) is 2. The molecule has 6 heteroatoms. The fraction of sp³-hybridized carbons (Fsp3) is 0.263. The van der Waals surface area contributed by atoms with Crippen LogP contribution in [0.5, 0.6) is 0 Å². The van der Waals surface area contributed by atoms with Crippen LogP contribution in [0.1, 0.15) is 24.8 Å². The zero-order valence-corrected chi connectivity index (χ0v) is 16.2. The number of benzene rings is 1. The molecule has 0 aliphatic rings. The van der Waals surface area contributed by atoms with Gasteiger partial charge in [0.05, 0.1) is 14.4 Å². The summed E-state index contributed by atoms with van der Waals surface area (Å²) in [6.07, 6.45) is 5.80. The number of aromatic nitrogens is 2. The molecule has 0 unspecified atom stereocenters. The third kappa shape index (κ3) is 5.36. The van der Waals surface area contributed by atoms with E-state index in [4.69, 9.17) is 5.11 Å². The number of nitrogens with one attached hydrogen (secondary N) is 1. The minimum absolute atomic E-state index is 0.274. The first-order valence-electron chi connectivity index (χ1n) is 8.30. The van der Waals surface area contributed by atoms with Crippen LogP contribution in [0.2, 0.25) is 0 Å². The molecule has 0 atom stereocenters. The maximum Gasteiger partial charge on any atom is 0.227 e. The molecule has 2 aromatic heterocycles. The Hall–Kier alpha value is -1.76. The van der Waals surface area contributed by atoms with Crippen LogP contribution in [0.25, 0.3) is 10.6 Å². The van der Waals surface area contributed by atoms with Crippen molar-refractivity contribution in [3.05, 3.63) is 58.0 Å². The standard InChI is InChI=1S/C19H20BrN3OS/c20-18-9-8-17(25-18)16-10-11-21-19(23-16)22-15-7-4-6-14(13-15)5-2-1-3-12-24/h4,6-11,13,24H,1-3,5,12H2,(H,21,22,23). The van der Waals surface area contributed by atoms with Gasteiger partial charge >= 0.3 is 0 Å². The van der Waals surface area contributed by atoms with Gasteiger partial charge in [-0.15, -0.1) is 11.3 Å². The molecule has 0 aliphatic heterocycles. The maximum absolute atomic E-state index is 8.85. The molecule has 0 fully saturated rings. The SMILES string of the molecule is OCCCCCc1cccc(Nc2nccc(-c3ccc(Br)s3)n2)c1. The van der Waals surface area contributed by atoms with E-state index in [2.05, 4.69) is 43.3 Å². The van der Waals surface area contributed by atoms with Gasteiger partial charge < -0.3 is 10.4 Å². The molecule has 2 N–H and O–H groups in total. The first-order valence-corrected chi connectivity index (χ1v) is 9.91. The summed E-state index contributed by atoms with van der Waals surface area (Å²) in [5.41, 5.74) is 3.18. The van der Waals surface area contributed by atoms with E-state index in [0.717, 1.165) is 45.7 Å². The molecule has 130 valence electrons. The Labute approximate surface area is 160 Å². The first-order chi connectivity index (χ1) is 12.2. The zero-order chi connectivity index (χ0) is 17.5. The summed E-state index contributed by atoms with van der Waals surface area (Å²) in [5.74, 6) is 0.597. The summed E-state index contributed by atoms with van der Waals surface area (Å²) >= 11 is 5.14. The molecule has 0 amide bonds. The third-order valence-electron chi connectivity index (χ3n) is 3.79. The van der Waals surface area contributed by atoms with Gasteiger partial charge in [-0.2, -0.15) is 0 Å². The van der Waals surface area contributed by atoms with Gasteiger partial charge in [0.1, 0.15) is 0 Å². The highest BCUT2D eigenvalue weighted by Crippen LogP contribution is 2.30. The van der Waals surface area contributed by atoms with Crippen LogP contribution >= 0.6 is 27.3 Å². The Balaban J connectivity index is 1.68. The van der Waals surface area contributed by atoms with E-state index in [0.29, 0.717) is 5.95 Å². The predicted octanol–water partition coefficient (Wildman–Crippen LogP) is 5.42. The minimum Gasteiger partial charge on any atom is -0.396 e. The second-order valence-corrected chi connectivity index (χ2v) is 8.19. The van der Waals surface area contributed by atoms with Crippen LogP contribution in [0, 0.1) is 0 Å². The lowest BCUT2D eigenvalue weighted by molar-refractivity contribution is 0.283. The van der Waals surface area contributed by atoms with Gasteiger partial charge in [-0.1, -0.05) is 18.6 Å². The first kappa shape index (κ1) is 18.0. The quantitative estimate of drug-likeness (QED) is 0.480. The number of aliphatic hydroxyl groups is 1. The highest BCUT2D eigenvalue weighted by Gasteiger charge is 2.06. The Morgan fingerprint density at radius 2 is 2.00 bits per heavy atom. The molecule has 2 heterocycles. The summed E-state index contributed by atoms with van der Waals surface area (Å²) in [5, 5.41) is 12.1. The van der Waals surface area contributed by atoms with Gasteiger partial charge in [0.15, 0.2) is 0 Å². The zero-order valence-electron chi connectivity index (χ0n) is 13.8. The summed E-state index contributed by atoms with van der Waals surface area (Å²) < 4.78 is 1.09. The van der Waals surface area contributed by atoms with E-state index in [1.54, 1.807) is 17.5 Å². The molecule has 3 aromatic rings. The van der Waals surface area contributed by atoms with Gasteiger partial charge in [-0.05, 0) is 71.1 Å². The number of anilines is 2. The maximum atomic E-state index is 8.85. The lowest BCUT2D eigenvalue weighted by atomic mass is 10.1. The van der Waals surface area contributed by atoms with Gasteiger partial charge in [0.2, 0.25) is 5.95 Å². The molecule has 0 saturated heterocycles. The van der Waals surface area contributed by atoms with E-state index in [1.165, 1.54) is 5.56 Å². The molecule has 0 aliphatic carbocycles. The number of thiophene rings is 1. The van der Waals surface area contributed by atoms with Crippen LogP contribution in [0.3, 0.4) is 0 Å². The van der Waals surface area contributed by atoms with Crippen molar-refractivity contribution in [3.8, 4) is 10.6 Å². The predicted molar refractivity (Wildman–Crippen MR) is 107 cm³/mol. The number of hydrogen-bond donors (Lipinski definition) is 2. The van der Waals surface area contributed by atoms with Gasteiger partial charge in [0.25, 0.3) is 0 Å². The monoisotopic (exact) mass is 417 g/mol. The normalized spacial score (nSPS) is 10.8. The smallest absolute Gasteiger partial charge is 0.227 e. The summed E-state index contributed by atoms with van der Waals surface area (Å²) in [4.78, 5) is 10.0. The molecule has 0 saturated carbocycles. The van der Waals surface area contributed by atoms with Crippen molar-refractivity contribution in [3.63, 3.8) is 0 Å². The Morgan fingerprint density at radius 3 is 2.80 bits per heavy atom. The highest BCUT2D eigenvalue weighted by molar-refractivity contribution is 9.11. The minimum atomic E-state index is 0.274. The summed E-state index contributed by atoms with van der Waals surface area (Å²) in [7, 11) is 0. The van der Waals surface area contributed by atoms with E-state index in [9.17, 15) is 0 Å². The number of nitrogens with zero attached hydrogens (tertiary/aromatic N) is 2. The molecule has 4 nitrogen and oxygen atoms in total. The average Bonchev–Trinajstić information content (AvgIpc) is 3.06. The topological polar surface area (TPSA) is 58.0 Å². The van der Waals surface area contributed by atoms with E-state index < -0.39 is 0 Å². The molecule has 25 heavy (non-hydrogen) atoms. The van der Waals surface area contributed by atoms with Gasteiger partial charge in [-0.25, -0.2) is 9.97 Å². The van der Waals surface area contributed by atoms with Crippen molar-refractivity contribution in [2.75, 3.05) is 11.9 Å². The Morgan fingerprint density at radius 1 is 1.08 bits per heavy atom. The van der Waals surface area contributed by atoms with Crippen molar-refractivity contribution in [2.24, 2.45) is 0 Å². The average molecular weight is 418 g/mol. The number of hydrogen-bond acceptors (Lipinski definition) is 5. The van der Waals surface area contributed by atoms with Crippen LogP contribution in [-0.4, -0.2) is 21.7 Å². The van der Waals surface area contributed by atoms with E-state index in [-0.39, 0.29) is 6.61 Å². The Bertz CT molecular complexity index is 822. The van der Waals surface area contributed by atoms with Crippen LogP contribution < -0.4 is 5.32 Å². The molecular weight excluding hydrogens is 398 g/mol. The van der Waals surface area contributed by atoms with Gasteiger partial charge in [0, 0.05) is 18.5 Å². The van der Waals surface area contributed by atoms with Crippen molar-refractivity contribution in [2.45, 2.75) is 25.7 Å². The number of halogens is 1. The molecule has 1 aromatic carbocycles. The molecule has 3 rings (SSSR count). The molecular formula is C19H20BrN3OS. The van der Waals surface area contributed by atoms with Crippen molar-refractivity contribution < 1.29 is 5.11 Å². The lowest BCUT2D eigenvalue weighted by Gasteiger charge is -2.08. The molecule has 0 spiro atoms. The van der Waals surface area contributed by atoms with Crippen LogP contribution in [0.4, 0.5) is 11.6 Å². The fourth-order valence-electron chi connectivity index (χ4n) is 2.56. The molecule has 0 radical (unpaired) electrons. The fourth-order valence-corrected chi connectivity index (χ4v) is 3.92. The highest BCUT2D eigenvalue weighted by atomic mass is 79.9. The van der Waals surface area contributed by atoms with Gasteiger partial charge in [-0.3, -0.25) is 0 Å². The van der Waals surface area contributed by atoms with Crippen LogP contribution in [-0.2, 0) is 6.42 Å². The van der Waals surface area contributed by atoms with Crippen molar-refractivity contribution in [1.82, 2.24) is 9.97 Å².